The fourth-order valence-electron chi connectivity index (χ4n) is 2.22. The van der Waals surface area contributed by atoms with Crippen molar-refractivity contribution in [3.63, 3.8) is 0 Å². The van der Waals surface area contributed by atoms with Gasteiger partial charge in [0, 0.05) is 32.0 Å². The maximum Gasteiger partial charge on any atom is 0.189 e. The summed E-state index contributed by atoms with van der Waals surface area (Å²) in [6.45, 7) is 13.5. The molecule has 0 saturated carbocycles. The van der Waals surface area contributed by atoms with Crippen LogP contribution in [0.1, 0.15) is 54.4 Å². The molecule has 140 valence electrons. The zero-order chi connectivity index (χ0) is 18.4. The molecular formula is C19H34O5. The van der Waals surface area contributed by atoms with Gasteiger partial charge in [-0.25, -0.2) is 0 Å². The van der Waals surface area contributed by atoms with Crippen LogP contribution in [0.25, 0.3) is 0 Å². The first-order valence-corrected chi connectivity index (χ1v) is 9.01. The van der Waals surface area contributed by atoms with E-state index in [1.807, 2.05) is 47.6 Å². The van der Waals surface area contributed by atoms with Crippen LogP contribution in [-0.2, 0) is 23.7 Å². The molecule has 0 radical (unpaired) electrons. The molecule has 5 nitrogen and oxygen atoms in total. The van der Waals surface area contributed by atoms with E-state index in [-0.39, 0.29) is 5.78 Å². The average Bonchev–Trinajstić information content (AvgIpc) is 2.57. The standard InChI is InChI=1S/C19H34O5/c1-7-13-16(19(23-11-5)24-12-6)18(20)15(8-2)14-17(21-9-3)22-10-4/h13-14,17,19H,7-12H2,1-6H3/b15-14-,16-13+. The molecule has 0 rings (SSSR count). The molecule has 0 heterocycles. The highest BCUT2D eigenvalue weighted by molar-refractivity contribution is 6.08. The largest absolute Gasteiger partial charge is 0.349 e. The van der Waals surface area contributed by atoms with Crippen molar-refractivity contribution >= 4 is 5.78 Å². The second-order valence-electron chi connectivity index (χ2n) is 4.96. The molecule has 0 N–H and O–H groups in total. The molecule has 0 amide bonds. The lowest BCUT2D eigenvalue weighted by Gasteiger charge is -2.21. The number of carbonyl (C=O) groups excluding carboxylic acids is 1. The molecule has 24 heavy (non-hydrogen) atoms. The van der Waals surface area contributed by atoms with Gasteiger partial charge in [-0.15, -0.1) is 0 Å². The minimum atomic E-state index is -0.639. The summed E-state index contributed by atoms with van der Waals surface area (Å²) in [5, 5.41) is 0. The van der Waals surface area contributed by atoms with E-state index in [1.165, 1.54) is 0 Å². The van der Waals surface area contributed by atoms with E-state index in [2.05, 4.69) is 0 Å². The Balaban J connectivity index is 5.51. The molecule has 5 heteroatoms. The van der Waals surface area contributed by atoms with Crippen molar-refractivity contribution in [1.29, 1.82) is 0 Å². The van der Waals surface area contributed by atoms with E-state index in [1.54, 1.807) is 6.08 Å². The topological polar surface area (TPSA) is 54.0 Å². The summed E-state index contributed by atoms with van der Waals surface area (Å²) in [4.78, 5) is 13.0. The summed E-state index contributed by atoms with van der Waals surface area (Å²) < 4.78 is 22.3. The summed E-state index contributed by atoms with van der Waals surface area (Å²) in [5.41, 5.74) is 1.19. The van der Waals surface area contributed by atoms with Crippen molar-refractivity contribution in [1.82, 2.24) is 0 Å². The first-order valence-electron chi connectivity index (χ1n) is 9.01. The van der Waals surface area contributed by atoms with Gasteiger partial charge in [-0.2, -0.15) is 0 Å². The lowest BCUT2D eigenvalue weighted by molar-refractivity contribution is -0.130. The number of hydrogen-bond donors (Lipinski definition) is 0. The van der Waals surface area contributed by atoms with Gasteiger partial charge in [0.25, 0.3) is 0 Å². The molecule has 0 aliphatic heterocycles. The minimum Gasteiger partial charge on any atom is -0.349 e. The minimum absolute atomic E-state index is 0.0735. The fourth-order valence-corrected chi connectivity index (χ4v) is 2.22. The third-order valence-electron chi connectivity index (χ3n) is 3.25. The van der Waals surface area contributed by atoms with Gasteiger partial charge in [0.05, 0.1) is 5.57 Å². The number of ether oxygens (including phenoxy) is 4. The van der Waals surface area contributed by atoms with Crippen molar-refractivity contribution < 1.29 is 23.7 Å². The molecule has 0 aromatic rings. The Labute approximate surface area is 147 Å². The predicted octanol–water partition coefficient (Wildman–Crippen LogP) is 4.03. The first kappa shape index (κ1) is 23.0. The van der Waals surface area contributed by atoms with Gasteiger partial charge >= 0.3 is 0 Å². The van der Waals surface area contributed by atoms with Crippen LogP contribution in [0.5, 0.6) is 0 Å². The van der Waals surface area contributed by atoms with Crippen LogP contribution in [0, 0.1) is 0 Å². The van der Waals surface area contributed by atoms with Crippen molar-refractivity contribution in [3.8, 4) is 0 Å². The zero-order valence-electron chi connectivity index (χ0n) is 16.1. The molecular weight excluding hydrogens is 308 g/mol. The second-order valence-corrected chi connectivity index (χ2v) is 4.96. The molecule has 0 saturated heterocycles. The van der Waals surface area contributed by atoms with Crippen LogP contribution in [-0.4, -0.2) is 44.8 Å². The molecule has 0 aliphatic carbocycles. The Kier molecular flexibility index (Phi) is 13.7. The monoisotopic (exact) mass is 342 g/mol. The number of hydrogen-bond acceptors (Lipinski definition) is 5. The number of carbonyl (C=O) groups is 1. The second kappa shape index (κ2) is 14.3. The number of allylic oxidation sites excluding steroid dienone is 2. The van der Waals surface area contributed by atoms with Gasteiger partial charge in [0.1, 0.15) is 0 Å². The zero-order valence-corrected chi connectivity index (χ0v) is 16.1. The summed E-state index contributed by atoms with van der Waals surface area (Å²) in [6.07, 6.45) is 3.79. The normalized spacial score (nSPS) is 13.2. The van der Waals surface area contributed by atoms with Crippen LogP contribution < -0.4 is 0 Å². The van der Waals surface area contributed by atoms with E-state index in [0.717, 1.165) is 6.42 Å². The maximum atomic E-state index is 13.0. The van der Waals surface area contributed by atoms with E-state index in [0.29, 0.717) is 44.0 Å². The lowest BCUT2D eigenvalue weighted by Crippen LogP contribution is -2.27. The van der Waals surface area contributed by atoms with Gasteiger partial charge in [-0.05, 0) is 46.6 Å². The summed E-state index contributed by atoms with van der Waals surface area (Å²) in [7, 11) is 0. The Morgan fingerprint density at radius 2 is 1.33 bits per heavy atom. The highest BCUT2D eigenvalue weighted by Crippen LogP contribution is 2.19. The quantitative estimate of drug-likeness (QED) is 0.352. The van der Waals surface area contributed by atoms with E-state index in [4.69, 9.17) is 18.9 Å². The summed E-state index contributed by atoms with van der Waals surface area (Å²) in [6, 6.07) is 0. The van der Waals surface area contributed by atoms with Gasteiger partial charge in [-0.1, -0.05) is 19.9 Å². The molecule has 0 spiro atoms. The van der Waals surface area contributed by atoms with Gasteiger partial charge in [0.2, 0.25) is 0 Å². The molecule has 0 atom stereocenters. The Hall–Kier alpha value is -1.01. The highest BCUT2D eigenvalue weighted by Gasteiger charge is 2.24. The average molecular weight is 342 g/mol. The van der Waals surface area contributed by atoms with Crippen LogP contribution >= 0.6 is 0 Å². The Morgan fingerprint density at radius 3 is 1.71 bits per heavy atom. The van der Waals surface area contributed by atoms with E-state index >= 15 is 0 Å². The molecule has 0 aromatic carbocycles. The van der Waals surface area contributed by atoms with Crippen molar-refractivity contribution in [2.24, 2.45) is 0 Å². The third-order valence-corrected chi connectivity index (χ3v) is 3.25. The third kappa shape index (κ3) is 8.20. The van der Waals surface area contributed by atoms with Gasteiger partial charge in [-0.3, -0.25) is 4.79 Å². The molecule has 0 bridgehead atoms. The first-order chi connectivity index (χ1) is 11.6. The Morgan fingerprint density at radius 1 is 0.833 bits per heavy atom. The van der Waals surface area contributed by atoms with Crippen molar-refractivity contribution in [2.75, 3.05) is 26.4 Å². The molecule has 0 aromatic heterocycles. The fraction of sp³-hybridized carbons (Fsp3) is 0.737. The van der Waals surface area contributed by atoms with Crippen LogP contribution in [0.3, 0.4) is 0 Å². The van der Waals surface area contributed by atoms with Crippen LogP contribution in [0.4, 0.5) is 0 Å². The van der Waals surface area contributed by atoms with E-state index in [9.17, 15) is 4.79 Å². The number of ketones is 1. The Bertz CT molecular complexity index is 389. The van der Waals surface area contributed by atoms with Gasteiger partial charge in [0.15, 0.2) is 18.4 Å². The highest BCUT2D eigenvalue weighted by atomic mass is 16.7. The van der Waals surface area contributed by atoms with Crippen molar-refractivity contribution in [2.45, 2.75) is 67.0 Å². The lowest BCUT2D eigenvalue weighted by atomic mass is 9.99. The number of rotatable bonds is 14. The predicted molar refractivity (Wildman–Crippen MR) is 95.8 cm³/mol. The number of Topliss-reactive ketones (excluding diaryl/α,β-unsaturated/α-hetero) is 1. The SMILES string of the molecule is CC/C=C(\C(=O)/C(=C\C(OCC)OCC)CC)C(OCC)OCC. The summed E-state index contributed by atoms with van der Waals surface area (Å²) in [5.74, 6) is -0.0735. The van der Waals surface area contributed by atoms with Crippen LogP contribution in [0.15, 0.2) is 23.3 Å². The molecule has 0 aliphatic rings. The van der Waals surface area contributed by atoms with Crippen molar-refractivity contribution in [3.05, 3.63) is 23.3 Å². The van der Waals surface area contributed by atoms with Crippen LogP contribution in [0.2, 0.25) is 0 Å². The smallest absolute Gasteiger partial charge is 0.189 e. The summed E-state index contributed by atoms with van der Waals surface area (Å²) >= 11 is 0. The van der Waals surface area contributed by atoms with E-state index < -0.39 is 12.6 Å². The molecule has 0 unspecified atom stereocenters. The van der Waals surface area contributed by atoms with Gasteiger partial charge < -0.3 is 18.9 Å². The maximum absolute atomic E-state index is 13.0. The molecule has 0 fully saturated rings.